The Labute approximate surface area is 249 Å². The molecule has 3 aromatic carbocycles. The van der Waals surface area contributed by atoms with Crippen LogP contribution in [0.15, 0.2) is 66.7 Å². The van der Waals surface area contributed by atoms with Crippen LogP contribution < -0.4 is 26.6 Å². The molecule has 0 aliphatic carbocycles. The minimum absolute atomic E-state index is 0.158. The first-order chi connectivity index (χ1) is 20.8. The number of primary amides is 1. The Morgan fingerprint density at radius 1 is 0.884 bits per heavy atom. The fourth-order valence-corrected chi connectivity index (χ4v) is 4.61. The molecule has 0 spiro atoms. The summed E-state index contributed by atoms with van der Waals surface area (Å²) in [4.78, 5) is 50.5. The van der Waals surface area contributed by atoms with Crippen LogP contribution in [0.25, 0.3) is 22.3 Å². The smallest absolute Gasteiger partial charge is 0.323 e. The van der Waals surface area contributed by atoms with E-state index < -0.39 is 11.9 Å². The lowest BCUT2D eigenvalue weighted by molar-refractivity contribution is 0.0949. The second-order valence-corrected chi connectivity index (χ2v) is 10.4. The summed E-state index contributed by atoms with van der Waals surface area (Å²) in [6.07, 6.45) is 0. The lowest BCUT2D eigenvalue weighted by Crippen LogP contribution is -2.37. The van der Waals surface area contributed by atoms with Crippen LogP contribution in [0.4, 0.5) is 22.0 Å². The number of fused-ring (bicyclic) bond motifs is 1. The van der Waals surface area contributed by atoms with Gasteiger partial charge in [-0.15, -0.1) is 0 Å². The molecule has 222 valence electrons. The van der Waals surface area contributed by atoms with Crippen molar-refractivity contribution >= 4 is 45.9 Å². The third-order valence-electron chi connectivity index (χ3n) is 6.92. The number of hydrogen-bond acceptors (Lipinski definition) is 8. The third kappa shape index (κ3) is 7.42. The van der Waals surface area contributed by atoms with Crippen molar-refractivity contribution in [1.82, 2.24) is 20.2 Å². The van der Waals surface area contributed by atoms with Gasteiger partial charge in [-0.2, -0.15) is 0 Å². The minimum Gasteiger partial charge on any atom is -0.378 e. The third-order valence-corrected chi connectivity index (χ3v) is 6.92. The van der Waals surface area contributed by atoms with Crippen molar-refractivity contribution in [2.45, 2.75) is 0 Å². The number of likely N-dealkylation sites (N-methyl/N-ethyl adjacent to an activating group) is 1. The molecule has 0 radical (unpaired) electrons. The number of urea groups is 1. The minimum atomic E-state index is -0.537. The summed E-state index contributed by atoms with van der Waals surface area (Å²) in [5, 5.41) is 9.32. The Kier molecular flexibility index (Phi) is 9.08. The normalized spacial score (nSPS) is 13.1. The van der Waals surface area contributed by atoms with E-state index in [-0.39, 0.29) is 5.91 Å². The zero-order chi connectivity index (χ0) is 30.3. The molecule has 4 amide bonds. The molecule has 0 unspecified atom stereocenters. The number of amides is 4. The van der Waals surface area contributed by atoms with Crippen LogP contribution in [-0.4, -0.2) is 86.2 Å². The summed E-state index contributed by atoms with van der Waals surface area (Å²) in [6, 6.07) is 18.6. The SMILES string of the molecule is CN(C)CCNC(=O)c1ccc2c(N3CCOCC3)nc(-c3ccc(NC(=O)Nc4ccc(C(N)=O)cc4)cc3)nc2c1. The molecule has 4 aromatic rings. The zero-order valence-corrected chi connectivity index (χ0v) is 24.1. The molecule has 1 aliphatic heterocycles. The maximum atomic E-state index is 12.8. The molecular formula is C31H34N8O4. The lowest BCUT2D eigenvalue weighted by Gasteiger charge is -2.29. The maximum Gasteiger partial charge on any atom is 0.323 e. The number of nitrogens with one attached hydrogen (secondary N) is 3. The van der Waals surface area contributed by atoms with E-state index in [0.29, 0.717) is 66.7 Å². The highest BCUT2D eigenvalue weighted by Gasteiger charge is 2.19. The second-order valence-electron chi connectivity index (χ2n) is 10.4. The average Bonchev–Trinajstić information content (AvgIpc) is 3.01. The van der Waals surface area contributed by atoms with E-state index in [1.165, 1.54) is 0 Å². The molecular weight excluding hydrogens is 548 g/mol. The Bertz CT molecular complexity index is 1620. The van der Waals surface area contributed by atoms with Gasteiger partial charge in [0.2, 0.25) is 5.91 Å². The summed E-state index contributed by atoms with van der Waals surface area (Å²) in [5.74, 6) is 0.593. The monoisotopic (exact) mass is 582 g/mol. The van der Waals surface area contributed by atoms with Crippen molar-refractivity contribution < 1.29 is 19.1 Å². The summed E-state index contributed by atoms with van der Waals surface area (Å²) < 4.78 is 5.55. The molecule has 5 rings (SSSR count). The number of morpholine rings is 1. The molecule has 0 bridgehead atoms. The highest BCUT2D eigenvalue weighted by molar-refractivity contribution is 6.01. The number of rotatable bonds is 9. The van der Waals surface area contributed by atoms with Gasteiger partial charge in [0.1, 0.15) is 5.82 Å². The van der Waals surface area contributed by atoms with Gasteiger partial charge in [0.05, 0.1) is 18.7 Å². The van der Waals surface area contributed by atoms with Crippen molar-refractivity contribution in [3.05, 3.63) is 77.9 Å². The Balaban J connectivity index is 1.37. The van der Waals surface area contributed by atoms with E-state index in [1.54, 1.807) is 48.5 Å². The fraction of sp³-hybridized carbons (Fsp3) is 0.258. The predicted molar refractivity (Wildman–Crippen MR) is 166 cm³/mol. The van der Waals surface area contributed by atoms with Crippen molar-refractivity contribution in [2.24, 2.45) is 5.73 Å². The highest BCUT2D eigenvalue weighted by Crippen LogP contribution is 2.29. The summed E-state index contributed by atoms with van der Waals surface area (Å²) >= 11 is 0. The second kappa shape index (κ2) is 13.3. The summed E-state index contributed by atoms with van der Waals surface area (Å²) in [5.41, 5.74) is 8.65. The van der Waals surface area contributed by atoms with Gasteiger partial charge >= 0.3 is 6.03 Å². The first-order valence-electron chi connectivity index (χ1n) is 13.9. The van der Waals surface area contributed by atoms with Crippen LogP contribution >= 0.6 is 0 Å². The van der Waals surface area contributed by atoms with Gasteiger partial charge in [-0.3, -0.25) is 9.59 Å². The topological polar surface area (TPSA) is 155 Å². The molecule has 1 fully saturated rings. The molecule has 12 heteroatoms. The van der Waals surface area contributed by atoms with Gasteiger partial charge in [0, 0.05) is 59.6 Å². The molecule has 43 heavy (non-hydrogen) atoms. The van der Waals surface area contributed by atoms with Crippen LogP contribution in [0.3, 0.4) is 0 Å². The number of nitrogens with zero attached hydrogens (tertiary/aromatic N) is 4. The highest BCUT2D eigenvalue weighted by atomic mass is 16.5. The van der Waals surface area contributed by atoms with Crippen molar-refractivity contribution in [2.75, 3.05) is 69.0 Å². The first-order valence-corrected chi connectivity index (χ1v) is 13.9. The number of anilines is 3. The Morgan fingerprint density at radius 3 is 2.14 bits per heavy atom. The molecule has 1 saturated heterocycles. The van der Waals surface area contributed by atoms with Gasteiger partial charge in [-0.25, -0.2) is 14.8 Å². The molecule has 0 saturated carbocycles. The number of hydrogen-bond donors (Lipinski definition) is 4. The molecule has 1 aromatic heterocycles. The Morgan fingerprint density at radius 2 is 1.51 bits per heavy atom. The summed E-state index contributed by atoms with van der Waals surface area (Å²) in [7, 11) is 3.91. The number of benzene rings is 3. The van der Waals surface area contributed by atoms with Crippen LogP contribution in [-0.2, 0) is 4.74 Å². The van der Waals surface area contributed by atoms with Gasteiger partial charge in [-0.05, 0) is 80.8 Å². The quantitative estimate of drug-likeness (QED) is 0.235. The van der Waals surface area contributed by atoms with E-state index in [2.05, 4.69) is 20.9 Å². The van der Waals surface area contributed by atoms with Crippen molar-refractivity contribution in [3.63, 3.8) is 0 Å². The molecule has 2 heterocycles. The number of carbonyl (C=O) groups is 3. The first kappa shape index (κ1) is 29.4. The zero-order valence-electron chi connectivity index (χ0n) is 24.1. The average molecular weight is 583 g/mol. The number of aromatic nitrogens is 2. The van der Waals surface area contributed by atoms with Gasteiger partial charge in [-0.1, -0.05) is 0 Å². The number of carbonyl (C=O) groups excluding carboxylic acids is 3. The number of ether oxygens (including phenoxy) is 1. The molecule has 12 nitrogen and oxygen atoms in total. The van der Waals surface area contributed by atoms with E-state index in [4.69, 9.17) is 20.4 Å². The fourth-order valence-electron chi connectivity index (χ4n) is 4.61. The largest absolute Gasteiger partial charge is 0.378 e. The van der Waals surface area contributed by atoms with E-state index in [9.17, 15) is 14.4 Å². The van der Waals surface area contributed by atoms with Gasteiger partial charge in [0.15, 0.2) is 5.82 Å². The van der Waals surface area contributed by atoms with Crippen LogP contribution in [0.1, 0.15) is 20.7 Å². The van der Waals surface area contributed by atoms with Crippen LogP contribution in [0.5, 0.6) is 0 Å². The predicted octanol–water partition coefficient (Wildman–Crippen LogP) is 3.17. The number of nitrogens with two attached hydrogens (primary N) is 1. The van der Waals surface area contributed by atoms with E-state index in [0.717, 1.165) is 23.3 Å². The van der Waals surface area contributed by atoms with Crippen LogP contribution in [0, 0.1) is 0 Å². The molecule has 1 aliphatic rings. The summed E-state index contributed by atoms with van der Waals surface area (Å²) in [6.45, 7) is 3.88. The van der Waals surface area contributed by atoms with Crippen LogP contribution in [0.2, 0.25) is 0 Å². The molecule has 5 N–H and O–H groups in total. The van der Waals surface area contributed by atoms with Crippen molar-refractivity contribution in [1.29, 1.82) is 0 Å². The standard InChI is InChI=1S/C31H34N8O4/c1-38(2)14-13-33-30(41)22-7-12-25-26(19-22)36-28(37-29(25)39-15-17-43-18-16-39)21-5-10-24(11-6-21)35-31(42)34-23-8-3-20(4-9-23)27(32)40/h3-12,19H,13-18H2,1-2H3,(H2,32,40)(H,33,41)(H2,34,35,42). The van der Waals surface area contributed by atoms with Gasteiger partial charge < -0.3 is 36.2 Å². The molecule has 0 atom stereocenters. The maximum absolute atomic E-state index is 12.8. The lowest BCUT2D eigenvalue weighted by atomic mass is 10.1. The van der Waals surface area contributed by atoms with Crippen molar-refractivity contribution in [3.8, 4) is 11.4 Å². The Hall–Kier alpha value is -5.07. The van der Waals surface area contributed by atoms with E-state index in [1.807, 2.05) is 37.2 Å². The van der Waals surface area contributed by atoms with E-state index >= 15 is 0 Å². The van der Waals surface area contributed by atoms with Gasteiger partial charge in [0.25, 0.3) is 5.91 Å².